The number of para-hydroxylation sites is 1. The van der Waals surface area contributed by atoms with Gasteiger partial charge in [0.1, 0.15) is 0 Å². The highest BCUT2D eigenvalue weighted by Crippen LogP contribution is 2.41. The lowest BCUT2D eigenvalue weighted by Crippen LogP contribution is -2.31. The van der Waals surface area contributed by atoms with Crippen LogP contribution in [0.5, 0.6) is 0 Å². The maximum atomic E-state index is 6.33. The Bertz CT molecular complexity index is 980. The lowest BCUT2D eigenvalue weighted by molar-refractivity contribution is 0.647. The van der Waals surface area contributed by atoms with Crippen LogP contribution in [-0.4, -0.2) is 12.6 Å². The van der Waals surface area contributed by atoms with E-state index in [9.17, 15) is 0 Å². The molecule has 0 bridgehead atoms. The van der Waals surface area contributed by atoms with Gasteiger partial charge in [0.2, 0.25) is 0 Å². The molecular weight excluding hydrogens is 470 g/mol. The van der Waals surface area contributed by atoms with E-state index in [1.807, 2.05) is 54.6 Å². The number of nitrogens with one attached hydrogen (secondary N) is 1. The van der Waals surface area contributed by atoms with Gasteiger partial charge < -0.3 is 10.2 Å². The van der Waals surface area contributed by atoms with Crippen molar-refractivity contribution in [2.45, 2.75) is 18.5 Å². The highest BCUT2D eigenvalue weighted by Gasteiger charge is 2.36. The fourth-order valence-corrected chi connectivity index (χ4v) is 4.35. The van der Waals surface area contributed by atoms with Crippen LogP contribution >= 0.6 is 58.8 Å². The van der Waals surface area contributed by atoms with E-state index >= 15 is 0 Å². The molecule has 1 N–H and O–H groups in total. The van der Waals surface area contributed by atoms with Crippen molar-refractivity contribution in [2.75, 3.05) is 16.8 Å². The number of hydrogen-bond acceptors (Lipinski definition) is 2. The van der Waals surface area contributed by atoms with Crippen LogP contribution in [0.3, 0.4) is 0 Å². The van der Waals surface area contributed by atoms with E-state index in [-0.39, 0.29) is 24.5 Å². The zero-order chi connectivity index (χ0) is 19.7. The Labute approximate surface area is 197 Å². The molecule has 3 aromatic rings. The normalized spacial score (nSPS) is 18.4. The molecule has 0 aliphatic carbocycles. The molecule has 1 aliphatic heterocycles. The predicted octanol–water partition coefficient (Wildman–Crippen LogP) is 8.15. The Hall–Kier alpha value is -1.29. The second-order valence-electron chi connectivity index (χ2n) is 6.82. The third kappa shape index (κ3) is 4.90. The first-order valence-electron chi connectivity index (χ1n) is 9.01. The van der Waals surface area contributed by atoms with Crippen molar-refractivity contribution in [3.05, 3.63) is 92.4 Å². The Morgan fingerprint density at radius 2 is 1.41 bits per heavy atom. The molecule has 152 valence electrons. The molecule has 2 atom stereocenters. The molecule has 1 heterocycles. The Kier molecular flexibility index (Phi) is 7.47. The van der Waals surface area contributed by atoms with Crippen LogP contribution in [-0.2, 0) is 0 Å². The molecule has 7 heteroatoms. The third-order valence-corrected chi connectivity index (χ3v) is 6.52. The quantitative estimate of drug-likeness (QED) is 0.399. The topological polar surface area (TPSA) is 15.3 Å². The number of anilines is 2. The van der Waals surface area contributed by atoms with Gasteiger partial charge in [-0.2, -0.15) is 0 Å². The van der Waals surface area contributed by atoms with Gasteiger partial charge in [0.15, 0.2) is 0 Å². The number of rotatable bonds is 4. The van der Waals surface area contributed by atoms with Crippen LogP contribution in [0.15, 0.2) is 66.7 Å². The number of hydrogen-bond donors (Lipinski definition) is 1. The number of benzene rings is 3. The summed E-state index contributed by atoms with van der Waals surface area (Å²) in [7, 11) is 0. The average molecular weight is 489 g/mol. The Morgan fingerprint density at radius 1 is 0.759 bits per heavy atom. The maximum Gasteiger partial charge on any atom is 0.0744 e. The fourth-order valence-electron chi connectivity index (χ4n) is 3.75. The minimum Gasteiger partial charge on any atom is -0.380 e. The minimum absolute atomic E-state index is 0. The van der Waals surface area contributed by atoms with Gasteiger partial charge in [0.25, 0.3) is 0 Å². The summed E-state index contributed by atoms with van der Waals surface area (Å²) in [4.78, 5) is 2.34. The molecule has 3 aromatic carbocycles. The molecule has 0 amide bonds. The molecule has 2 nitrogen and oxygen atoms in total. The highest BCUT2D eigenvalue weighted by molar-refractivity contribution is 6.42. The van der Waals surface area contributed by atoms with Gasteiger partial charge in [-0.15, -0.1) is 12.4 Å². The van der Waals surface area contributed by atoms with Crippen molar-refractivity contribution in [3.63, 3.8) is 0 Å². The molecule has 4 rings (SSSR count). The van der Waals surface area contributed by atoms with Gasteiger partial charge in [0.05, 0.1) is 32.2 Å². The summed E-state index contributed by atoms with van der Waals surface area (Å²) in [5.74, 6) is 0. The summed E-state index contributed by atoms with van der Waals surface area (Å²) >= 11 is 24.9. The molecular formula is C22H19Cl5N2. The molecule has 0 saturated carbocycles. The van der Waals surface area contributed by atoms with Gasteiger partial charge in [-0.3, -0.25) is 0 Å². The van der Waals surface area contributed by atoms with Gasteiger partial charge >= 0.3 is 0 Å². The SMILES string of the molecule is Cl.Clc1ccc(C2C(Nc3ccccc3)CCN2c2ccc(Cl)c(Cl)c2)cc1Cl. The second kappa shape index (κ2) is 9.68. The standard InChI is InChI=1S/C22H18Cl4N2.ClH/c23-17-8-6-14(12-19(17)25)22-21(27-15-4-2-1-3-5-15)10-11-28(22)16-7-9-18(24)20(26)13-16;/h1-9,12-13,21-22,27H,10-11H2;1H. The summed E-state index contributed by atoms with van der Waals surface area (Å²) in [5, 5.41) is 5.88. The van der Waals surface area contributed by atoms with E-state index in [2.05, 4.69) is 22.3 Å². The van der Waals surface area contributed by atoms with E-state index in [1.54, 1.807) is 0 Å². The predicted molar refractivity (Wildman–Crippen MR) is 129 cm³/mol. The largest absolute Gasteiger partial charge is 0.380 e. The molecule has 1 fully saturated rings. The summed E-state index contributed by atoms with van der Waals surface area (Å²) in [5.41, 5.74) is 3.22. The fraction of sp³-hybridized carbons (Fsp3) is 0.182. The average Bonchev–Trinajstić information content (AvgIpc) is 3.10. The number of halogens is 5. The van der Waals surface area contributed by atoms with Gasteiger partial charge in [-0.05, 0) is 54.4 Å². The van der Waals surface area contributed by atoms with E-state index in [0.29, 0.717) is 20.1 Å². The molecule has 0 spiro atoms. The van der Waals surface area contributed by atoms with Crippen molar-refractivity contribution in [2.24, 2.45) is 0 Å². The first kappa shape index (κ1) is 22.4. The zero-order valence-electron chi connectivity index (χ0n) is 15.3. The number of nitrogens with zero attached hydrogens (tertiary/aromatic N) is 1. The van der Waals surface area contributed by atoms with Crippen molar-refractivity contribution < 1.29 is 0 Å². The summed E-state index contributed by atoms with van der Waals surface area (Å²) in [6, 6.07) is 22.1. The molecule has 0 radical (unpaired) electrons. The van der Waals surface area contributed by atoms with Crippen LogP contribution < -0.4 is 10.2 Å². The lowest BCUT2D eigenvalue weighted by Gasteiger charge is -2.31. The lowest BCUT2D eigenvalue weighted by atomic mass is 9.99. The van der Waals surface area contributed by atoms with Crippen molar-refractivity contribution >= 4 is 70.2 Å². The van der Waals surface area contributed by atoms with Crippen molar-refractivity contribution in [1.82, 2.24) is 0 Å². The van der Waals surface area contributed by atoms with Crippen LogP contribution in [0, 0.1) is 0 Å². The monoisotopic (exact) mass is 486 g/mol. The van der Waals surface area contributed by atoms with Crippen LogP contribution in [0.2, 0.25) is 20.1 Å². The van der Waals surface area contributed by atoms with Crippen LogP contribution in [0.25, 0.3) is 0 Å². The van der Waals surface area contributed by atoms with Gasteiger partial charge in [-0.25, -0.2) is 0 Å². The van der Waals surface area contributed by atoms with E-state index in [0.717, 1.165) is 29.9 Å². The van der Waals surface area contributed by atoms with Gasteiger partial charge in [0, 0.05) is 17.9 Å². The smallest absolute Gasteiger partial charge is 0.0744 e. The molecule has 1 saturated heterocycles. The maximum absolute atomic E-state index is 6.33. The zero-order valence-corrected chi connectivity index (χ0v) is 19.1. The van der Waals surface area contributed by atoms with Crippen LogP contribution in [0.4, 0.5) is 11.4 Å². The summed E-state index contributed by atoms with van der Waals surface area (Å²) in [6.07, 6.45) is 0.972. The summed E-state index contributed by atoms with van der Waals surface area (Å²) in [6.45, 7) is 0.882. The first-order chi connectivity index (χ1) is 13.5. The third-order valence-electron chi connectivity index (χ3n) is 5.04. The second-order valence-corrected chi connectivity index (χ2v) is 8.44. The Morgan fingerprint density at radius 3 is 2.07 bits per heavy atom. The summed E-state index contributed by atoms with van der Waals surface area (Å²) < 4.78 is 0. The molecule has 2 unspecified atom stereocenters. The van der Waals surface area contributed by atoms with E-state index < -0.39 is 0 Å². The van der Waals surface area contributed by atoms with Crippen molar-refractivity contribution in [1.29, 1.82) is 0 Å². The van der Waals surface area contributed by atoms with Crippen LogP contribution in [0.1, 0.15) is 18.0 Å². The first-order valence-corrected chi connectivity index (χ1v) is 10.5. The Balaban J connectivity index is 0.00000240. The molecule has 1 aliphatic rings. The van der Waals surface area contributed by atoms with E-state index in [4.69, 9.17) is 46.4 Å². The van der Waals surface area contributed by atoms with Gasteiger partial charge in [-0.1, -0.05) is 70.7 Å². The molecule has 0 aromatic heterocycles. The molecule has 29 heavy (non-hydrogen) atoms. The highest BCUT2D eigenvalue weighted by atomic mass is 35.5. The minimum atomic E-state index is 0. The van der Waals surface area contributed by atoms with E-state index in [1.165, 1.54) is 0 Å². The van der Waals surface area contributed by atoms with Crippen molar-refractivity contribution in [3.8, 4) is 0 Å².